The number of nitrogens with zero attached hydrogens (tertiary/aromatic N) is 3. The van der Waals surface area contributed by atoms with Crippen molar-refractivity contribution in [3.63, 3.8) is 0 Å². The monoisotopic (exact) mass is 380 g/mol. The van der Waals surface area contributed by atoms with Gasteiger partial charge in [0.15, 0.2) is 11.5 Å². The predicted octanol–water partition coefficient (Wildman–Crippen LogP) is 3.61. The molecule has 0 radical (unpaired) electrons. The summed E-state index contributed by atoms with van der Waals surface area (Å²) in [6, 6.07) is 6.32. The van der Waals surface area contributed by atoms with Gasteiger partial charge in [-0.05, 0) is 30.5 Å². The van der Waals surface area contributed by atoms with Crippen LogP contribution in [-0.2, 0) is 13.6 Å². The molecule has 0 bridgehead atoms. The van der Waals surface area contributed by atoms with Crippen molar-refractivity contribution in [1.82, 2.24) is 15.1 Å². The van der Waals surface area contributed by atoms with E-state index in [0.29, 0.717) is 12.7 Å². The second-order valence-electron chi connectivity index (χ2n) is 7.08. The first kappa shape index (κ1) is 20.4. The number of fused-ring (bicyclic) bond motifs is 1. The lowest BCUT2D eigenvalue weighted by Crippen LogP contribution is -2.21. The molecule has 1 aliphatic rings. The minimum absolute atomic E-state index is 0. The summed E-state index contributed by atoms with van der Waals surface area (Å²) in [7, 11) is 6.13. The quantitative estimate of drug-likeness (QED) is 0.829. The zero-order valence-electron chi connectivity index (χ0n) is 16.4. The molecule has 1 aromatic carbocycles. The van der Waals surface area contributed by atoms with Crippen molar-refractivity contribution in [2.45, 2.75) is 39.3 Å². The lowest BCUT2D eigenvalue weighted by atomic mass is 10.0. The van der Waals surface area contributed by atoms with E-state index < -0.39 is 0 Å². The number of hydrogen-bond donors (Lipinski definition) is 1. The van der Waals surface area contributed by atoms with Crippen LogP contribution in [0.5, 0.6) is 11.5 Å². The lowest BCUT2D eigenvalue weighted by molar-refractivity contribution is 0.174. The fraction of sp³-hybridized carbons (Fsp3) is 0.526. The van der Waals surface area contributed by atoms with Gasteiger partial charge in [-0.3, -0.25) is 4.68 Å². The highest BCUT2D eigenvalue weighted by molar-refractivity contribution is 5.85. The van der Waals surface area contributed by atoms with E-state index in [1.165, 1.54) is 11.1 Å². The highest BCUT2D eigenvalue weighted by atomic mass is 35.5. The molecule has 0 saturated carbocycles. The first-order valence-corrected chi connectivity index (χ1v) is 8.74. The van der Waals surface area contributed by atoms with Gasteiger partial charge in [0.2, 0.25) is 6.79 Å². The molecule has 1 N–H and O–H groups in total. The van der Waals surface area contributed by atoms with Crippen LogP contribution in [0.15, 0.2) is 18.2 Å². The average Bonchev–Trinajstić information content (AvgIpc) is 3.15. The van der Waals surface area contributed by atoms with E-state index in [9.17, 15) is 0 Å². The molecule has 26 heavy (non-hydrogen) atoms. The van der Waals surface area contributed by atoms with Crippen LogP contribution in [-0.4, -0.2) is 30.7 Å². The Balaban J connectivity index is 0.00000243. The van der Waals surface area contributed by atoms with Gasteiger partial charge < -0.3 is 19.7 Å². The summed E-state index contributed by atoms with van der Waals surface area (Å²) >= 11 is 0. The molecule has 0 fully saturated rings. The maximum atomic E-state index is 5.49. The Labute approximate surface area is 161 Å². The van der Waals surface area contributed by atoms with Gasteiger partial charge in [-0.25, -0.2) is 0 Å². The zero-order valence-corrected chi connectivity index (χ0v) is 17.2. The largest absolute Gasteiger partial charge is 0.454 e. The number of aryl methyl sites for hydroxylation is 1. The van der Waals surface area contributed by atoms with E-state index >= 15 is 0 Å². The number of halogens is 1. The molecule has 1 aliphatic heterocycles. The normalized spacial score (nSPS) is 13.7. The summed E-state index contributed by atoms with van der Waals surface area (Å²) < 4.78 is 12.8. The third-order valence-electron chi connectivity index (χ3n) is 4.60. The Morgan fingerprint density at radius 2 is 1.88 bits per heavy atom. The summed E-state index contributed by atoms with van der Waals surface area (Å²) in [6.45, 7) is 7.61. The molecule has 0 saturated heterocycles. The maximum Gasteiger partial charge on any atom is 0.231 e. The highest BCUT2D eigenvalue weighted by Gasteiger charge is 2.21. The molecule has 6 nitrogen and oxygen atoms in total. The van der Waals surface area contributed by atoms with E-state index in [1.54, 1.807) is 0 Å². The van der Waals surface area contributed by atoms with Crippen molar-refractivity contribution in [2.24, 2.45) is 7.05 Å². The number of nitrogens with one attached hydrogen (secondary N) is 1. The lowest BCUT2D eigenvalue weighted by Gasteiger charge is -2.19. The van der Waals surface area contributed by atoms with Crippen molar-refractivity contribution >= 4 is 18.2 Å². The SMILES string of the molecule is CC(C)c1nn(C)c(N(C)C)c1CNC(C)c1ccc2c(c1)OCO2.Cl. The van der Waals surface area contributed by atoms with Crippen LogP contribution in [0.1, 0.15) is 49.6 Å². The summed E-state index contributed by atoms with van der Waals surface area (Å²) in [6.07, 6.45) is 0. The summed E-state index contributed by atoms with van der Waals surface area (Å²) in [5, 5.41) is 8.36. The van der Waals surface area contributed by atoms with Crippen LogP contribution >= 0.6 is 12.4 Å². The molecule has 0 spiro atoms. The number of aromatic nitrogens is 2. The number of ether oxygens (including phenoxy) is 2. The third-order valence-corrected chi connectivity index (χ3v) is 4.60. The van der Waals surface area contributed by atoms with Crippen LogP contribution in [0.25, 0.3) is 0 Å². The molecule has 2 aromatic rings. The molecule has 1 atom stereocenters. The van der Waals surface area contributed by atoms with Gasteiger partial charge in [-0.1, -0.05) is 19.9 Å². The number of rotatable bonds is 6. The van der Waals surface area contributed by atoms with E-state index in [2.05, 4.69) is 57.2 Å². The van der Waals surface area contributed by atoms with Gasteiger partial charge in [0.25, 0.3) is 0 Å². The van der Waals surface area contributed by atoms with Crippen LogP contribution in [0, 0.1) is 0 Å². The molecular formula is C19H29ClN4O2. The van der Waals surface area contributed by atoms with E-state index in [4.69, 9.17) is 14.6 Å². The van der Waals surface area contributed by atoms with E-state index in [0.717, 1.165) is 29.6 Å². The molecule has 0 amide bonds. The standard InChI is InChI=1S/C19H28N4O2.ClH/c1-12(2)18-15(19(22(4)5)23(6)21-18)10-20-13(3)14-7-8-16-17(9-14)25-11-24-16;/h7-9,12-13,20H,10-11H2,1-6H3;1H. The fourth-order valence-corrected chi connectivity index (χ4v) is 3.33. The minimum atomic E-state index is 0. The molecule has 2 heterocycles. The average molecular weight is 381 g/mol. The number of benzene rings is 1. The van der Waals surface area contributed by atoms with Gasteiger partial charge in [0.05, 0.1) is 5.69 Å². The van der Waals surface area contributed by atoms with E-state index in [-0.39, 0.29) is 18.4 Å². The minimum Gasteiger partial charge on any atom is -0.454 e. The van der Waals surface area contributed by atoms with Crippen molar-refractivity contribution in [3.05, 3.63) is 35.0 Å². The first-order valence-electron chi connectivity index (χ1n) is 8.74. The Hall–Kier alpha value is -1.92. The summed E-state index contributed by atoms with van der Waals surface area (Å²) in [5.74, 6) is 3.18. The van der Waals surface area contributed by atoms with Crippen LogP contribution in [0.2, 0.25) is 0 Å². The molecule has 1 unspecified atom stereocenters. The predicted molar refractivity (Wildman–Crippen MR) is 107 cm³/mol. The van der Waals surface area contributed by atoms with Gasteiger partial charge in [-0.15, -0.1) is 12.4 Å². The number of hydrogen-bond acceptors (Lipinski definition) is 5. The Kier molecular flexibility index (Phi) is 6.42. The van der Waals surface area contributed by atoms with Gasteiger partial charge in [0.1, 0.15) is 5.82 Å². The summed E-state index contributed by atoms with van der Waals surface area (Å²) in [4.78, 5) is 2.13. The summed E-state index contributed by atoms with van der Waals surface area (Å²) in [5.41, 5.74) is 3.59. The molecule has 0 aliphatic carbocycles. The van der Waals surface area contributed by atoms with Gasteiger partial charge in [0, 0.05) is 39.3 Å². The Bertz CT molecular complexity index is 758. The first-order chi connectivity index (χ1) is 11.9. The number of anilines is 1. The topological polar surface area (TPSA) is 51.6 Å². The van der Waals surface area contributed by atoms with Crippen molar-refractivity contribution in [1.29, 1.82) is 0 Å². The third kappa shape index (κ3) is 3.91. The highest BCUT2D eigenvalue weighted by Crippen LogP contribution is 2.34. The van der Waals surface area contributed by atoms with Gasteiger partial charge >= 0.3 is 0 Å². The Morgan fingerprint density at radius 3 is 2.54 bits per heavy atom. The smallest absolute Gasteiger partial charge is 0.231 e. The fourth-order valence-electron chi connectivity index (χ4n) is 3.33. The molecule has 1 aromatic heterocycles. The zero-order chi connectivity index (χ0) is 18.1. The van der Waals surface area contributed by atoms with Crippen molar-refractivity contribution in [3.8, 4) is 11.5 Å². The second kappa shape index (κ2) is 8.18. The molecule has 144 valence electrons. The van der Waals surface area contributed by atoms with Gasteiger partial charge in [-0.2, -0.15) is 5.10 Å². The van der Waals surface area contributed by atoms with E-state index in [1.807, 2.05) is 17.8 Å². The molecular weight excluding hydrogens is 352 g/mol. The maximum absolute atomic E-state index is 5.49. The Morgan fingerprint density at radius 1 is 1.19 bits per heavy atom. The molecule has 7 heteroatoms. The van der Waals surface area contributed by atoms with Crippen LogP contribution in [0.3, 0.4) is 0 Å². The van der Waals surface area contributed by atoms with Crippen molar-refractivity contribution in [2.75, 3.05) is 25.8 Å². The second-order valence-corrected chi connectivity index (χ2v) is 7.08. The van der Waals surface area contributed by atoms with Crippen LogP contribution < -0.4 is 19.7 Å². The molecule has 3 rings (SSSR count). The van der Waals surface area contributed by atoms with Crippen molar-refractivity contribution < 1.29 is 9.47 Å². The van der Waals surface area contributed by atoms with Crippen LogP contribution in [0.4, 0.5) is 5.82 Å².